The lowest BCUT2D eigenvalue weighted by Crippen LogP contribution is -2.24. The molecule has 0 aliphatic heterocycles. The summed E-state index contributed by atoms with van der Waals surface area (Å²) in [5.41, 5.74) is 0.320. The summed E-state index contributed by atoms with van der Waals surface area (Å²) in [7, 11) is 0. The third-order valence-corrected chi connectivity index (χ3v) is 3.29. The largest absolute Gasteiger partial charge is 0.381 e. The zero-order valence-corrected chi connectivity index (χ0v) is 12.2. The second-order valence-corrected chi connectivity index (χ2v) is 4.83. The van der Waals surface area contributed by atoms with Gasteiger partial charge in [0.25, 0.3) is 5.56 Å². The number of anilines is 1. The molecular weight excluding hydrogens is 278 g/mol. The van der Waals surface area contributed by atoms with Crippen LogP contribution in [0.3, 0.4) is 0 Å². The molecule has 0 aliphatic carbocycles. The van der Waals surface area contributed by atoms with Crippen LogP contribution < -0.4 is 10.9 Å². The maximum Gasteiger partial charge on any atom is 0.287 e. The van der Waals surface area contributed by atoms with E-state index in [0.29, 0.717) is 25.3 Å². The van der Waals surface area contributed by atoms with Crippen molar-refractivity contribution >= 4 is 17.3 Å². The second-order valence-electron chi connectivity index (χ2n) is 4.45. The van der Waals surface area contributed by atoms with Crippen molar-refractivity contribution in [2.75, 3.05) is 11.9 Å². The summed E-state index contributed by atoms with van der Waals surface area (Å²) in [5, 5.41) is 11.5. The van der Waals surface area contributed by atoms with Gasteiger partial charge in [-0.1, -0.05) is 24.9 Å². The molecule has 2 rings (SSSR count). The van der Waals surface area contributed by atoms with Crippen LogP contribution in [0.5, 0.6) is 0 Å². The summed E-state index contributed by atoms with van der Waals surface area (Å²) in [6, 6.07) is 1.86. The lowest BCUT2D eigenvalue weighted by molar-refractivity contribution is 0.543. The van der Waals surface area contributed by atoms with Crippen LogP contribution >= 0.6 is 11.6 Å². The van der Waals surface area contributed by atoms with E-state index >= 15 is 0 Å². The number of nitrogens with zero attached hydrogens (tertiary/aromatic N) is 4. The number of aromatic nitrogens is 4. The van der Waals surface area contributed by atoms with E-state index in [1.807, 2.05) is 12.3 Å². The predicted molar refractivity (Wildman–Crippen MR) is 79.1 cm³/mol. The summed E-state index contributed by atoms with van der Waals surface area (Å²) < 4.78 is 3.21. The highest BCUT2D eigenvalue weighted by atomic mass is 35.5. The molecule has 0 fully saturated rings. The van der Waals surface area contributed by atoms with Crippen molar-refractivity contribution in [3.63, 3.8) is 0 Å². The monoisotopic (exact) mass is 295 g/mol. The summed E-state index contributed by atoms with van der Waals surface area (Å²) >= 11 is 6.08. The zero-order valence-electron chi connectivity index (χ0n) is 11.4. The molecule has 0 unspecified atom stereocenters. The topological polar surface area (TPSA) is 64.7 Å². The van der Waals surface area contributed by atoms with Crippen molar-refractivity contribution in [1.29, 1.82) is 0 Å². The van der Waals surface area contributed by atoms with Crippen molar-refractivity contribution < 1.29 is 0 Å². The first-order valence-electron chi connectivity index (χ1n) is 6.69. The molecule has 7 heteroatoms. The number of halogens is 1. The van der Waals surface area contributed by atoms with Gasteiger partial charge in [0.2, 0.25) is 0 Å². The summed E-state index contributed by atoms with van der Waals surface area (Å²) in [6.07, 6.45) is 7.13. The molecule has 0 aliphatic rings. The normalized spacial score (nSPS) is 10.7. The van der Waals surface area contributed by atoms with Crippen molar-refractivity contribution in [2.45, 2.75) is 32.9 Å². The Balaban J connectivity index is 1.98. The molecule has 0 radical (unpaired) electrons. The van der Waals surface area contributed by atoms with Gasteiger partial charge >= 0.3 is 0 Å². The lowest BCUT2D eigenvalue weighted by atomic mass is 10.3. The summed E-state index contributed by atoms with van der Waals surface area (Å²) in [4.78, 5) is 12.0. The van der Waals surface area contributed by atoms with Crippen molar-refractivity contribution in [2.24, 2.45) is 0 Å². The Morgan fingerprint density at radius 1 is 1.35 bits per heavy atom. The molecule has 6 nitrogen and oxygen atoms in total. The van der Waals surface area contributed by atoms with Gasteiger partial charge in [0.1, 0.15) is 5.02 Å². The highest BCUT2D eigenvalue weighted by molar-refractivity contribution is 6.32. The number of hydrogen-bond acceptors (Lipinski definition) is 4. The number of unbranched alkanes of at least 4 members (excludes halogenated alkanes) is 1. The van der Waals surface area contributed by atoms with E-state index in [1.54, 1.807) is 17.1 Å². The Morgan fingerprint density at radius 3 is 2.90 bits per heavy atom. The minimum Gasteiger partial charge on any atom is -0.381 e. The number of hydrogen-bond donors (Lipinski definition) is 1. The van der Waals surface area contributed by atoms with Gasteiger partial charge in [-0.2, -0.15) is 10.2 Å². The Kier molecular flexibility index (Phi) is 5.17. The van der Waals surface area contributed by atoms with Crippen LogP contribution in [0.2, 0.25) is 5.02 Å². The fraction of sp³-hybridized carbons (Fsp3) is 0.462. The third kappa shape index (κ3) is 3.60. The van der Waals surface area contributed by atoms with Gasteiger partial charge < -0.3 is 5.32 Å². The fourth-order valence-corrected chi connectivity index (χ4v) is 2.01. The van der Waals surface area contributed by atoms with E-state index in [4.69, 9.17) is 11.6 Å². The number of aryl methyl sites for hydroxylation is 1. The molecule has 2 heterocycles. The van der Waals surface area contributed by atoms with Gasteiger partial charge in [-0.15, -0.1) is 0 Å². The smallest absolute Gasteiger partial charge is 0.287 e. The Labute approximate surface area is 122 Å². The third-order valence-electron chi connectivity index (χ3n) is 2.92. The van der Waals surface area contributed by atoms with E-state index in [1.165, 1.54) is 4.68 Å². The van der Waals surface area contributed by atoms with E-state index in [-0.39, 0.29) is 10.6 Å². The molecule has 0 aromatic carbocycles. The van der Waals surface area contributed by atoms with Gasteiger partial charge in [-0.25, -0.2) is 4.68 Å². The Bertz CT molecular complexity index is 593. The van der Waals surface area contributed by atoms with Crippen molar-refractivity contribution in [3.8, 4) is 0 Å². The molecule has 2 aromatic rings. The second kappa shape index (κ2) is 7.09. The quantitative estimate of drug-likeness (QED) is 0.848. The van der Waals surface area contributed by atoms with Crippen LogP contribution in [0.1, 0.15) is 19.8 Å². The number of nitrogens with one attached hydrogen (secondary N) is 1. The highest BCUT2D eigenvalue weighted by Crippen LogP contribution is 2.14. The minimum absolute atomic E-state index is 0.191. The van der Waals surface area contributed by atoms with Gasteiger partial charge in [0.05, 0.1) is 18.4 Å². The molecule has 1 N–H and O–H groups in total. The van der Waals surface area contributed by atoms with Gasteiger partial charge in [-0.3, -0.25) is 9.48 Å². The molecule has 0 spiro atoms. The van der Waals surface area contributed by atoms with Crippen molar-refractivity contribution in [1.82, 2.24) is 19.6 Å². The average molecular weight is 296 g/mol. The molecule has 0 saturated heterocycles. The average Bonchev–Trinajstić information content (AvgIpc) is 2.96. The van der Waals surface area contributed by atoms with Crippen LogP contribution in [0.4, 0.5) is 5.69 Å². The molecule has 2 aromatic heterocycles. The maximum atomic E-state index is 12.0. The standard InChI is InChI=1S/C13H18ClN5O/c1-2-3-8-19-13(20)12(14)11(10-17-19)15-6-9-18-7-4-5-16-18/h4-5,7,10,15H,2-3,6,8-9H2,1H3. The van der Waals surface area contributed by atoms with Crippen LogP contribution in [-0.4, -0.2) is 26.1 Å². The number of rotatable bonds is 7. The molecular formula is C13H18ClN5O. The van der Waals surface area contributed by atoms with Gasteiger partial charge in [0, 0.05) is 25.5 Å². The van der Waals surface area contributed by atoms with E-state index in [9.17, 15) is 4.79 Å². The molecule has 0 bridgehead atoms. The molecule has 0 saturated carbocycles. The molecule has 0 atom stereocenters. The lowest BCUT2D eigenvalue weighted by Gasteiger charge is -2.10. The highest BCUT2D eigenvalue weighted by Gasteiger charge is 2.08. The zero-order chi connectivity index (χ0) is 14.4. The first kappa shape index (κ1) is 14.6. The molecule has 108 valence electrons. The van der Waals surface area contributed by atoms with Crippen LogP contribution in [0.25, 0.3) is 0 Å². The van der Waals surface area contributed by atoms with Gasteiger partial charge in [-0.05, 0) is 12.5 Å². The first-order chi connectivity index (χ1) is 9.72. The van der Waals surface area contributed by atoms with E-state index < -0.39 is 0 Å². The molecule has 20 heavy (non-hydrogen) atoms. The summed E-state index contributed by atoms with van der Waals surface area (Å²) in [6.45, 7) is 3.99. The van der Waals surface area contributed by atoms with Crippen molar-refractivity contribution in [3.05, 3.63) is 40.0 Å². The van der Waals surface area contributed by atoms with Gasteiger partial charge in [0.15, 0.2) is 0 Å². The first-order valence-corrected chi connectivity index (χ1v) is 7.07. The summed E-state index contributed by atoms with van der Waals surface area (Å²) in [5.74, 6) is 0. The van der Waals surface area contributed by atoms with Crippen LogP contribution in [0, 0.1) is 0 Å². The Morgan fingerprint density at radius 2 is 2.20 bits per heavy atom. The Hall–Kier alpha value is -1.82. The molecule has 0 amide bonds. The fourth-order valence-electron chi connectivity index (χ4n) is 1.79. The SMILES string of the molecule is CCCCn1ncc(NCCn2cccn2)c(Cl)c1=O. The van der Waals surface area contributed by atoms with Crippen LogP contribution in [-0.2, 0) is 13.1 Å². The minimum atomic E-state index is -0.246. The van der Waals surface area contributed by atoms with E-state index in [2.05, 4.69) is 22.4 Å². The van der Waals surface area contributed by atoms with E-state index in [0.717, 1.165) is 12.8 Å². The predicted octanol–water partition coefficient (Wildman–Crippen LogP) is 2.01. The maximum absolute atomic E-state index is 12.0. The van der Waals surface area contributed by atoms with Crippen LogP contribution in [0.15, 0.2) is 29.5 Å².